The van der Waals surface area contributed by atoms with Gasteiger partial charge in [-0.3, -0.25) is 0 Å². The van der Waals surface area contributed by atoms with Crippen LogP contribution in [-0.4, -0.2) is 16.5 Å². The van der Waals surface area contributed by atoms with Crippen LogP contribution in [0.15, 0.2) is 54.7 Å². The largest absolute Gasteiger partial charge is 0.361 e. The van der Waals surface area contributed by atoms with Crippen molar-refractivity contribution in [3.8, 4) is 0 Å². The van der Waals surface area contributed by atoms with Crippen LogP contribution in [0, 0.1) is 0 Å². The third-order valence-electron chi connectivity index (χ3n) is 4.79. The number of aromatic amines is 2. The summed E-state index contributed by atoms with van der Waals surface area (Å²) in [5.74, 6) is 0. The van der Waals surface area contributed by atoms with E-state index in [4.69, 9.17) is 0 Å². The van der Waals surface area contributed by atoms with Gasteiger partial charge in [-0.1, -0.05) is 36.4 Å². The Hall–Kier alpha value is -2.52. The van der Waals surface area contributed by atoms with Gasteiger partial charge in [0.05, 0.1) is 6.04 Å². The highest BCUT2D eigenvalue weighted by Gasteiger charge is 2.26. The maximum atomic E-state index is 3.68. The second kappa shape index (κ2) is 4.49. The lowest BCUT2D eigenvalue weighted by molar-refractivity contribution is 0.563. The molecule has 0 unspecified atom stereocenters. The van der Waals surface area contributed by atoms with Gasteiger partial charge in [0.15, 0.2) is 0 Å². The van der Waals surface area contributed by atoms with Crippen molar-refractivity contribution >= 4 is 21.8 Å². The van der Waals surface area contributed by atoms with Crippen LogP contribution >= 0.6 is 0 Å². The molecule has 1 aliphatic heterocycles. The fraction of sp³-hybridized carbons (Fsp3) is 0.158. The summed E-state index contributed by atoms with van der Waals surface area (Å²) in [4.78, 5) is 7.04. The topological polar surface area (TPSA) is 43.6 Å². The van der Waals surface area contributed by atoms with Gasteiger partial charge in [0.1, 0.15) is 0 Å². The summed E-state index contributed by atoms with van der Waals surface area (Å²) in [6.45, 7) is 1.01. The molecule has 1 aliphatic rings. The fourth-order valence-corrected chi connectivity index (χ4v) is 3.78. The average molecular weight is 287 g/mol. The van der Waals surface area contributed by atoms with Gasteiger partial charge >= 0.3 is 0 Å². The number of nitrogens with one attached hydrogen (secondary N) is 3. The molecule has 1 atom stereocenters. The molecule has 2 aromatic carbocycles. The van der Waals surface area contributed by atoms with E-state index < -0.39 is 0 Å². The molecule has 4 aromatic rings. The normalized spacial score (nSPS) is 17.9. The monoisotopic (exact) mass is 287 g/mol. The van der Waals surface area contributed by atoms with E-state index in [9.17, 15) is 0 Å². The van der Waals surface area contributed by atoms with Crippen LogP contribution < -0.4 is 5.32 Å². The fourth-order valence-electron chi connectivity index (χ4n) is 3.78. The zero-order chi connectivity index (χ0) is 14.5. The summed E-state index contributed by atoms with van der Waals surface area (Å²) >= 11 is 0. The van der Waals surface area contributed by atoms with Crippen LogP contribution in [0.3, 0.4) is 0 Å². The van der Waals surface area contributed by atoms with Crippen molar-refractivity contribution in [2.75, 3.05) is 6.54 Å². The van der Waals surface area contributed by atoms with Crippen LogP contribution in [0.25, 0.3) is 21.8 Å². The highest BCUT2D eigenvalue weighted by Crippen LogP contribution is 2.35. The molecule has 108 valence electrons. The third kappa shape index (κ3) is 1.60. The molecule has 0 saturated carbocycles. The molecule has 3 nitrogen and oxygen atoms in total. The first-order chi connectivity index (χ1) is 10.9. The molecule has 0 aliphatic carbocycles. The third-order valence-corrected chi connectivity index (χ3v) is 4.79. The zero-order valence-corrected chi connectivity index (χ0v) is 12.2. The van der Waals surface area contributed by atoms with Crippen molar-refractivity contribution in [1.29, 1.82) is 0 Å². The minimum absolute atomic E-state index is 0.229. The lowest BCUT2D eigenvalue weighted by Gasteiger charge is -2.24. The molecule has 0 radical (unpaired) electrons. The van der Waals surface area contributed by atoms with Crippen LogP contribution in [0.1, 0.15) is 22.9 Å². The molecule has 0 fully saturated rings. The molecule has 3 N–H and O–H groups in total. The number of hydrogen-bond acceptors (Lipinski definition) is 1. The number of aromatic nitrogens is 2. The predicted octanol–water partition coefficient (Wildman–Crippen LogP) is 3.88. The Balaban J connectivity index is 1.75. The molecule has 5 rings (SSSR count). The Morgan fingerprint density at radius 2 is 1.64 bits per heavy atom. The van der Waals surface area contributed by atoms with E-state index in [0.29, 0.717) is 0 Å². The second-order valence-electron chi connectivity index (χ2n) is 5.99. The van der Waals surface area contributed by atoms with E-state index in [-0.39, 0.29) is 6.04 Å². The maximum absolute atomic E-state index is 3.68. The van der Waals surface area contributed by atoms with Crippen molar-refractivity contribution < 1.29 is 0 Å². The quantitative estimate of drug-likeness (QED) is 0.488. The Morgan fingerprint density at radius 3 is 2.55 bits per heavy atom. The molecule has 2 aromatic heterocycles. The van der Waals surface area contributed by atoms with Crippen LogP contribution in [0.4, 0.5) is 0 Å². The van der Waals surface area contributed by atoms with E-state index >= 15 is 0 Å². The first-order valence-corrected chi connectivity index (χ1v) is 7.81. The lowest BCUT2D eigenvalue weighted by Crippen LogP contribution is -2.30. The van der Waals surface area contributed by atoms with E-state index in [1.165, 1.54) is 38.6 Å². The van der Waals surface area contributed by atoms with Crippen molar-refractivity contribution in [2.24, 2.45) is 0 Å². The van der Waals surface area contributed by atoms with Gasteiger partial charge in [0.2, 0.25) is 0 Å². The average Bonchev–Trinajstić information content (AvgIpc) is 3.16. The standard InChI is InChI=1S/C19H17N3/c1-3-7-16-13(6-1)15(11-21-16)18-19-14(9-10-20-18)12-5-2-4-8-17(12)22-19/h1-8,11,18,20-22H,9-10H2/t18-/m0/s1. The lowest BCUT2D eigenvalue weighted by atomic mass is 9.94. The van der Waals surface area contributed by atoms with Gasteiger partial charge < -0.3 is 15.3 Å². The molecular formula is C19H17N3. The number of rotatable bonds is 1. The van der Waals surface area contributed by atoms with Crippen LogP contribution in [0.5, 0.6) is 0 Å². The van der Waals surface area contributed by atoms with Gasteiger partial charge in [0, 0.05) is 45.8 Å². The van der Waals surface area contributed by atoms with E-state index in [1.807, 2.05) is 0 Å². The zero-order valence-electron chi connectivity index (χ0n) is 12.2. The van der Waals surface area contributed by atoms with Crippen LogP contribution in [0.2, 0.25) is 0 Å². The minimum Gasteiger partial charge on any atom is -0.361 e. The van der Waals surface area contributed by atoms with Gasteiger partial charge in [-0.05, 0) is 24.1 Å². The molecule has 0 bridgehead atoms. The first-order valence-electron chi connectivity index (χ1n) is 7.81. The Kier molecular flexibility index (Phi) is 2.46. The summed E-state index contributed by atoms with van der Waals surface area (Å²) in [6, 6.07) is 17.3. The van der Waals surface area contributed by atoms with Crippen molar-refractivity contribution in [2.45, 2.75) is 12.5 Å². The predicted molar refractivity (Wildman–Crippen MR) is 90.1 cm³/mol. The van der Waals surface area contributed by atoms with Gasteiger partial charge in [-0.25, -0.2) is 0 Å². The molecule has 3 heteroatoms. The molecule has 0 spiro atoms. The summed E-state index contributed by atoms with van der Waals surface area (Å²) in [5, 5.41) is 6.34. The van der Waals surface area contributed by atoms with Crippen molar-refractivity contribution in [1.82, 2.24) is 15.3 Å². The van der Waals surface area contributed by atoms with E-state index in [2.05, 4.69) is 70.0 Å². The summed E-state index contributed by atoms with van der Waals surface area (Å²) in [7, 11) is 0. The molecule has 0 amide bonds. The number of fused-ring (bicyclic) bond motifs is 4. The molecule has 22 heavy (non-hydrogen) atoms. The van der Waals surface area contributed by atoms with E-state index in [1.54, 1.807) is 0 Å². The molecular weight excluding hydrogens is 270 g/mol. The van der Waals surface area contributed by atoms with Crippen LogP contribution in [-0.2, 0) is 6.42 Å². The SMILES string of the molecule is c1ccc2c([C@@H]3NCCc4c3[nH]c3ccccc43)c[nH]c2c1. The van der Waals surface area contributed by atoms with E-state index in [0.717, 1.165) is 13.0 Å². The Labute approximate surface area is 128 Å². The first kappa shape index (κ1) is 12.1. The summed E-state index contributed by atoms with van der Waals surface area (Å²) < 4.78 is 0. The van der Waals surface area contributed by atoms with Gasteiger partial charge in [-0.15, -0.1) is 0 Å². The van der Waals surface area contributed by atoms with Crippen molar-refractivity contribution in [3.05, 3.63) is 71.5 Å². The molecule has 0 saturated heterocycles. The van der Waals surface area contributed by atoms with Crippen molar-refractivity contribution in [3.63, 3.8) is 0 Å². The second-order valence-corrected chi connectivity index (χ2v) is 5.99. The number of H-pyrrole nitrogens is 2. The Bertz CT molecular complexity index is 977. The smallest absolute Gasteiger partial charge is 0.0753 e. The number of benzene rings is 2. The number of hydrogen-bond donors (Lipinski definition) is 3. The van der Waals surface area contributed by atoms with Gasteiger partial charge in [0.25, 0.3) is 0 Å². The highest BCUT2D eigenvalue weighted by molar-refractivity contribution is 5.87. The summed E-state index contributed by atoms with van der Waals surface area (Å²) in [5.41, 5.74) is 6.54. The molecule has 3 heterocycles. The maximum Gasteiger partial charge on any atom is 0.0753 e. The summed E-state index contributed by atoms with van der Waals surface area (Å²) in [6.07, 6.45) is 3.22. The number of para-hydroxylation sites is 2. The minimum atomic E-state index is 0.229. The Morgan fingerprint density at radius 1 is 0.864 bits per heavy atom. The highest BCUT2D eigenvalue weighted by atomic mass is 15.0. The van der Waals surface area contributed by atoms with Gasteiger partial charge in [-0.2, -0.15) is 0 Å².